The molecule has 1 fully saturated rings. The molecule has 3 N–H and O–H groups in total. The third kappa shape index (κ3) is 3.83. The van der Waals surface area contributed by atoms with Gasteiger partial charge in [0, 0.05) is 6.20 Å². The van der Waals surface area contributed by atoms with E-state index in [-0.39, 0.29) is 11.8 Å². The number of carbonyl (C=O) groups excluding carboxylic acids is 1. The average molecular weight is 383 g/mol. The van der Waals surface area contributed by atoms with Crippen molar-refractivity contribution in [1.82, 2.24) is 20.2 Å². The second-order valence-electron chi connectivity index (χ2n) is 6.89. The van der Waals surface area contributed by atoms with Gasteiger partial charge >= 0.3 is 0 Å². The lowest BCUT2D eigenvalue weighted by atomic mass is 10.1. The number of hydrogen-bond acceptors (Lipinski definition) is 5. The van der Waals surface area contributed by atoms with Crippen molar-refractivity contribution < 1.29 is 14.0 Å². The molecular formula is C20H22FN5O2. The quantitative estimate of drug-likeness (QED) is 0.591. The number of nitrogens with zero attached hydrogens (tertiary/aromatic N) is 2. The molecule has 1 amide bonds. The molecule has 0 aliphatic carbocycles. The van der Waals surface area contributed by atoms with Crippen LogP contribution in [-0.4, -0.2) is 34.5 Å². The van der Waals surface area contributed by atoms with Gasteiger partial charge in [-0.05, 0) is 62.7 Å². The molecule has 3 aromatic rings. The Hall–Kier alpha value is -2.97. The number of aromatic nitrogens is 2. The van der Waals surface area contributed by atoms with Crippen molar-refractivity contribution in [1.29, 1.82) is 0 Å². The smallest absolute Gasteiger partial charge is 0.278 e. The number of benzene rings is 1. The number of anilines is 2. The Morgan fingerprint density at radius 1 is 1.29 bits per heavy atom. The second kappa shape index (κ2) is 7.95. The van der Waals surface area contributed by atoms with Crippen molar-refractivity contribution in [3.63, 3.8) is 0 Å². The SMILES string of the molecule is Cc1ccc(Nc2c(C(=O)NOC3CCNCC3)cc3ccncn23)c(F)c1. The number of fused-ring (bicyclic) bond motifs is 1. The molecule has 28 heavy (non-hydrogen) atoms. The number of aryl methyl sites for hydroxylation is 1. The Bertz CT molecular complexity index is 997. The fourth-order valence-corrected chi connectivity index (χ4v) is 3.28. The molecule has 3 heterocycles. The van der Waals surface area contributed by atoms with E-state index in [1.54, 1.807) is 41.2 Å². The van der Waals surface area contributed by atoms with Crippen molar-refractivity contribution in [3.8, 4) is 0 Å². The van der Waals surface area contributed by atoms with E-state index in [0.29, 0.717) is 11.4 Å². The lowest BCUT2D eigenvalue weighted by Crippen LogP contribution is -2.37. The van der Waals surface area contributed by atoms with E-state index >= 15 is 0 Å². The summed E-state index contributed by atoms with van der Waals surface area (Å²) in [6, 6.07) is 8.39. The summed E-state index contributed by atoms with van der Waals surface area (Å²) in [6.45, 7) is 3.55. The van der Waals surface area contributed by atoms with Gasteiger partial charge in [0.1, 0.15) is 18.0 Å². The van der Waals surface area contributed by atoms with Crippen LogP contribution in [-0.2, 0) is 4.84 Å². The Morgan fingerprint density at radius 3 is 2.89 bits per heavy atom. The molecule has 0 unspecified atom stereocenters. The lowest BCUT2D eigenvalue weighted by molar-refractivity contribution is -0.0282. The van der Waals surface area contributed by atoms with E-state index in [2.05, 4.69) is 21.1 Å². The van der Waals surface area contributed by atoms with Gasteiger partial charge in [-0.15, -0.1) is 0 Å². The summed E-state index contributed by atoms with van der Waals surface area (Å²) in [6.07, 6.45) is 4.87. The highest BCUT2D eigenvalue weighted by atomic mass is 19.1. The van der Waals surface area contributed by atoms with Crippen molar-refractivity contribution >= 4 is 22.9 Å². The van der Waals surface area contributed by atoms with Crippen molar-refractivity contribution in [2.75, 3.05) is 18.4 Å². The van der Waals surface area contributed by atoms with Crippen molar-refractivity contribution in [2.45, 2.75) is 25.9 Å². The lowest BCUT2D eigenvalue weighted by Gasteiger charge is -2.22. The van der Waals surface area contributed by atoms with Gasteiger partial charge in [0.2, 0.25) is 0 Å². The number of nitrogens with one attached hydrogen (secondary N) is 3. The summed E-state index contributed by atoms with van der Waals surface area (Å²) < 4.78 is 16.1. The molecule has 0 spiro atoms. The van der Waals surface area contributed by atoms with Gasteiger partial charge in [0.15, 0.2) is 0 Å². The molecule has 7 nitrogen and oxygen atoms in total. The van der Waals surface area contributed by atoms with Gasteiger partial charge in [-0.3, -0.25) is 14.0 Å². The van der Waals surface area contributed by atoms with E-state index in [1.807, 2.05) is 6.92 Å². The van der Waals surface area contributed by atoms with E-state index in [4.69, 9.17) is 4.84 Å². The highest BCUT2D eigenvalue weighted by Gasteiger charge is 2.21. The maximum absolute atomic E-state index is 14.3. The molecule has 2 aromatic heterocycles. The van der Waals surface area contributed by atoms with Crippen LogP contribution < -0.4 is 16.1 Å². The normalized spacial score (nSPS) is 14.9. The van der Waals surface area contributed by atoms with Crippen LogP contribution in [0.15, 0.2) is 42.9 Å². The fraction of sp³-hybridized carbons (Fsp3) is 0.300. The Labute approximate surface area is 161 Å². The monoisotopic (exact) mass is 383 g/mol. The van der Waals surface area contributed by atoms with Crippen LogP contribution in [0.5, 0.6) is 0 Å². The second-order valence-corrected chi connectivity index (χ2v) is 6.89. The first-order valence-electron chi connectivity index (χ1n) is 9.27. The molecule has 1 saturated heterocycles. The summed E-state index contributed by atoms with van der Waals surface area (Å²) in [5, 5.41) is 6.28. The van der Waals surface area contributed by atoms with Gasteiger partial charge in [0.05, 0.1) is 22.9 Å². The maximum Gasteiger partial charge on any atom is 0.278 e. The number of halogens is 1. The minimum Gasteiger partial charge on any atom is -0.338 e. The van der Waals surface area contributed by atoms with E-state index in [9.17, 15) is 9.18 Å². The molecule has 1 aliphatic rings. The van der Waals surface area contributed by atoms with Gasteiger partial charge in [-0.25, -0.2) is 14.9 Å². The Kier molecular flexibility index (Phi) is 5.23. The maximum atomic E-state index is 14.3. The van der Waals surface area contributed by atoms with Gasteiger partial charge in [-0.2, -0.15) is 0 Å². The van der Waals surface area contributed by atoms with Crippen LogP contribution in [0.3, 0.4) is 0 Å². The van der Waals surface area contributed by atoms with Crippen LogP contribution in [0.25, 0.3) is 5.52 Å². The number of amides is 1. The summed E-state index contributed by atoms with van der Waals surface area (Å²) in [5.41, 5.74) is 4.75. The molecule has 0 bridgehead atoms. The fourth-order valence-electron chi connectivity index (χ4n) is 3.28. The minimum absolute atomic E-state index is 0.0187. The largest absolute Gasteiger partial charge is 0.338 e. The predicted octanol–water partition coefficient (Wildman–Crippen LogP) is 2.94. The van der Waals surface area contributed by atoms with Crippen LogP contribution in [0.4, 0.5) is 15.9 Å². The molecule has 1 aromatic carbocycles. The number of carbonyl (C=O) groups is 1. The highest BCUT2D eigenvalue weighted by molar-refractivity contribution is 6.01. The molecule has 1 aliphatic heterocycles. The molecule has 146 valence electrons. The number of rotatable bonds is 5. The average Bonchev–Trinajstić information content (AvgIpc) is 3.08. The third-order valence-corrected chi connectivity index (χ3v) is 4.81. The van der Waals surface area contributed by atoms with E-state index in [0.717, 1.165) is 37.0 Å². The zero-order valence-corrected chi connectivity index (χ0v) is 15.5. The summed E-state index contributed by atoms with van der Waals surface area (Å²) in [7, 11) is 0. The molecule has 0 radical (unpaired) electrons. The van der Waals surface area contributed by atoms with Crippen LogP contribution in [0.2, 0.25) is 0 Å². The summed E-state index contributed by atoms with van der Waals surface area (Å²) >= 11 is 0. The predicted molar refractivity (Wildman–Crippen MR) is 104 cm³/mol. The number of hydroxylamine groups is 1. The van der Waals surface area contributed by atoms with Gasteiger partial charge < -0.3 is 10.6 Å². The molecule has 0 atom stereocenters. The molecule has 8 heteroatoms. The highest BCUT2D eigenvalue weighted by Crippen LogP contribution is 2.27. The van der Waals surface area contributed by atoms with Crippen molar-refractivity contribution in [3.05, 3.63) is 59.8 Å². The van der Waals surface area contributed by atoms with Crippen molar-refractivity contribution in [2.24, 2.45) is 0 Å². The first-order valence-corrected chi connectivity index (χ1v) is 9.27. The standard InChI is InChI=1S/C20H22FN5O2/c1-13-2-3-18(17(21)10-13)24-19-16(11-14-4-7-23-12-26(14)19)20(27)25-28-15-5-8-22-9-6-15/h2-4,7,10-12,15,22,24H,5-6,8-9H2,1H3,(H,25,27). The number of hydrogen-bond donors (Lipinski definition) is 3. The molecular weight excluding hydrogens is 361 g/mol. The van der Waals surface area contributed by atoms with E-state index in [1.165, 1.54) is 6.07 Å². The topological polar surface area (TPSA) is 79.7 Å². The minimum atomic E-state index is -0.392. The van der Waals surface area contributed by atoms with Gasteiger partial charge in [-0.1, -0.05) is 6.07 Å². The first kappa shape index (κ1) is 18.4. The first-order chi connectivity index (χ1) is 13.6. The Morgan fingerprint density at radius 2 is 2.11 bits per heavy atom. The van der Waals surface area contributed by atoms with Crippen LogP contribution >= 0.6 is 0 Å². The molecule has 4 rings (SSSR count). The van der Waals surface area contributed by atoms with E-state index < -0.39 is 11.7 Å². The van der Waals surface area contributed by atoms with Crippen LogP contribution in [0.1, 0.15) is 28.8 Å². The molecule has 0 saturated carbocycles. The Balaban J connectivity index is 1.61. The van der Waals surface area contributed by atoms with Crippen LogP contribution in [0, 0.1) is 12.7 Å². The third-order valence-electron chi connectivity index (χ3n) is 4.81. The summed E-state index contributed by atoms with van der Waals surface area (Å²) in [5.74, 6) is -0.356. The zero-order valence-electron chi connectivity index (χ0n) is 15.5. The zero-order chi connectivity index (χ0) is 19.5. The number of piperidine rings is 1. The summed E-state index contributed by atoms with van der Waals surface area (Å²) in [4.78, 5) is 22.5. The van der Waals surface area contributed by atoms with Gasteiger partial charge in [0.25, 0.3) is 5.91 Å².